The zero-order chi connectivity index (χ0) is 23.7. The number of benzene rings is 1. The van der Waals surface area contributed by atoms with E-state index in [0.29, 0.717) is 29.0 Å². The monoisotopic (exact) mass is 481 g/mol. The highest BCUT2D eigenvalue weighted by Gasteiger charge is 2.38. The van der Waals surface area contributed by atoms with E-state index in [4.69, 9.17) is 4.42 Å². The van der Waals surface area contributed by atoms with Crippen molar-refractivity contribution < 1.29 is 18.3 Å². The van der Waals surface area contributed by atoms with Crippen molar-refractivity contribution in [3.05, 3.63) is 69.5 Å². The Hall–Kier alpha value is -3.04. The SMILES string of the molecule is O=c1oc2c(c(O)c1C(c1ccc(-c3nccnc3NS(=O)O)cc1)C1CC1)CCCCCC2. The Labute approximate surface area is 199 Å². The largest absolute Gasteiger partial charge is 0.507 e. The maximum absolute atomic E-state index is 13.1. The van der Waals surface area contributed by atoms with E-state index in [9.17, 15) is 18.7 Å². The Balaban J connectivity index is 1.53. The van der Waals surface area contributed by atoms with Gasteiger partial charge in [-0.1, -0.05) is 37.1 Å². The highest BCUT2D eigenvalue weighted by Crippen LogP contribution is 2.48. The van der Waals surface area contributed by atoms with Gasteiger partial charge in [0, 0.05) is 35.9 Å². The van der Waals surface area contributed by atoms with Crippen LogP contribution >= 0.6 is 0 Å². The molecule has 0 spiro atoms. The molecule has 0 saturated heterocycles. The number of aromatic nitrogens is 2. The quantitative estimate of drug-likeness (QED) is 0.441. The third-order valence-electron chi connectivity index (χ3n) is 6.72. The predicted molar refractivity (Wildman–Crippen MR) is 129 cm³/mol. The van der Waals surface area contributed by atoms with Crippen LogP contribution in [0.4, 0.5) is 5.82 Å². The van der Waals surface area contributed by atoms with Crippen molar-refractivity contribution in [2.45, 2.75) is 57.3 Å². The zero-order valence-corrected chi connectivity index (χ0v) is 19.5. The van der Waals surface area contributed by atoms with Gasteiger partial charge >= 0.3 is 5.63 Å². The molecule has 9 heteroatoms. The van der Waals surface area contributed by atoms with Gasteiger partial charge in [-0.05, 0) is 43.6 Å². The van der Waals surface area contributed by atoms with Crippen molar-refractivity contribution in [2.75, 3.05) is 4.72 Å². The normalized spacial score (nSPS) is 17.8. The molecule has 0 radical (unpaired) electrons. The van der Waals surface area contributed by atoms with E-state index < -0.39 is 16.9 Å². The summed E-state index contributed by atoms with van der Waals surface area (Å²) < 4.78 is 28.6. The van der Waals surface area contributed by atoms with Gasteiger partial charge in [0.05, 0.1) is 5.56 Å². The third kappa shape index (κ3) is 4.63. The fraction of sp³-hybridized carbons (Fsp3) is 0.400. The third-order valence-corrected chi connectivity index (χ3v) is 7.09. The van der Waals surface area contributed by atoms with E-state index in [-0.39, 0.29) is 23.4 Å². The summed E-state index contributed by atoms with van der Waals surface area (Å²) in [5, 5.41) is 11.3. The Morgan fingerprint density at radius 2 is 1.74 bits per heavy atom. The molecule has 8 nitrogen and oxygen atoms in total. The number of nitrogens with one attached hydrogen (secondary N) is 1. The molecule has 2 aliphatic rings. The first kappa shape index (κ1) is 22.7. The Morgan fingerprint density at radius 1 is 1.03 bits per heavy atom. The first-order valence-electron chi connectivity index (χ1n) is 11.7. The van der Waals surface area contributed by atoms with Gasteiger partial charge in [-0.25, -0.2) is 14.0 Å². The zero-order valence-electron chi connectivity index (χ0n) is 18.7. The van der Waals surface area contributed by atoms with Crippen LogP contribution in [0.5, 0.6) is 5.75 Å². The number of hydrogen-bond acceptors (Lipinski definition) is 6. The van der Waals surface area contributed by atoms with Gasteiger partial charge in [0.2, 0.25) is 0 Å². The Morgan fingerprint density at radius 3 is 2.44 bits per heavy atom. The lowest BCUT2D eigenvalue weighted by Gasteiger charge is -2.21. The van der Waals surface area contributed by atoms with E-state index in [0.717, 1.165) is 56.1 Å². The molecule has 1 saturated carbocycles. The second-order valence-electron chi connectivity index (χ2n) is 9.01. The van der Waals surface area contributed by atoms with Crippen LogP contribution < -0.4 is 10.3 Å². The Kier molecular flexibility index (Phi) is 6.47. The van der Waals surface area contributed by atoms with Crippen molar-refractivity contribution in [3.8, 4) is 17.0 Å². The van der Waals surface area contributed by atoms with Crippen LogP contribution in [-0.4, -0.2) is 23.8 Å². The van der Waals surface area contributed by atoms with Crippen LogP contribution in [0, 0.1) is 5.92 Å². The molecule has 178 valence electrons. The number of nitrogens with zero attached hydrogens (tertiary/aromatic N) is 2. The van der Waals surface area contributed by atoms with E-state index in [1.165, 1.54) is 12.4 Å². The first-order valence-corrected chi connectivity index (χ1v) is 12.8. The summed E-state index contributed by atoms with van der Waals surface area (Å²) in [5.41, 5.74) is 2.81. The molecule has 3 N–H and O–H groups in total. The molecule has 0 bridgehead atoms. The molecule has 2 aliphatic carbocycles. The minimum Gasteiger partial charge on any atom is -0.507 e. The lowest BCUT2D eigenvalue weighted by molar-refractivity contribution is 0.382. The predicted octanol–water partition coefficient (Wildman–Crippen LogP) is 4.55. The summed E-state index contributed by atoms with van der Waals surface area (Å²) in [6.45, 7) is 0. The summed E-state index contributed by atoms with van der Waals surface area (Å²) in [4.78, 5) is 21.5. The van der Waals surface area contributed by atoms with Crippen LogP contribution in [0.25, 0.3) is 11.3 Å². The fourth-order valence-electron chi connectivity index (χ4n) is 4.95. The molecule has 2 aromatic heterocycles. The topological polar surface area (TPSA) is 126 Å². The minimum absolute atomic E-state index is 0.111. The molecule has 3 aromatic rings. The number of hydrogen-bond donors (Lipinski definition) is 3. The lowest BCUT2D eigenvalue weighted by Crippen LogP contribution is -2.19. The molecular formula is C25H27N3O5S. The Bertz CT molecular complexity index is 1270. The van der Waals surface area contributed by atoms with E-state index >= 15 is 0 Å². The maximum atomic E-state index is 13.1. The van der Waals surface area contributed by atoms with Crippen LogP contribution in [0.3, 0.4) is 0 Å². The van der Waals surface area contributed by atoms with Gasteiger partial charge in [-0.2, -0.15) is 0 Å². The fourth-order valence-corrected chi connectivity index (χ4v) is 5.27. The summed E-state index contributed by atoms with van der Waals surface area (Å²) in [6, 6.07) is 7.55. The van der Waals surface area contributed by atoms with Gasteiger partial charge in [-0.15, -0.1) is 0 Å². The second-order valence-corrected chi connectivity index (χ2v) is 9.71. The number of aryl methyl sites for hydroxylation is 1. The summed E-state index contributed by atoms with van der Waals surface area (Å²) in [6.07, 6.45) is 10.5. The first-order chi connectivity index (χ1) is 16.5. The highest BCUT2D eigenvalue weighted by molar-refractivity contribution is 7.80. The molecule has 0 amide bonds. The van der Waals surface area contributed by atoms with Gasteiger partial charge in [-0.3, -0.25) is 14.3 Å². The molecule has 0 aliphatic heterocycles. The molecular weight excluding hydrogens is 454 g/mol. The van der Waals surface area contributed by atoms with Crippen LogP contribution in [0.1, 0.15) is 66.9 Å². The van der Waals surface area contributed by atoms with Crippen molar-refractivity contribution in [1.29, 1.82) is 0 Å². The van der Waals surface area contributed by atoms with Crippen LogP contribution in [0.2, 0.25) is 0 Å². The van der Waals surface area contributed by atoms with Gasteiger partial charge in [0.1, 0.15) is 17.2 Å². The van der Waals surface area contributed by atoms with Crippen molar-refractivity contribution in [2.24, 2.45) is 5.92 Å². The maximum Gasteiger partial charge on any atom is 0.343 e. The molecule has 2 atom stereocenters. The summed E-state index contributed by atoms with van der Waals surface area (Å²) in [7, 11) is 0. The highest BCUT2D eigenvalue weighted by atomic mass is 32.2. The average molecular weight is 482 g/mol. The van der Waals surface area contributed by atoms with Crippen molar-refractivity contribution in [1.82, 2.24) is 9.97 Å². The van der Waals surface area contributed by atoms with Crippen LogP contribution in [0.15, 0.2) is 45.9 Å². The summed E-state index contributed by atoms with van der Waals surface area (Å²) >= 11 is -2.27. The molecule has 5 rings (SSSR count). The van der Waals surface area contributed by atoms with Crippen LogP contribution in [-0.2, 0) is 24.1 Å². The molecule has 34 heavy (non-hydrogen) atoms. The number of aromatic hydroxyl groups is 1. The van der Waals surface area contributed by atoms with E-state index in [2.05, 4.69) is 14.7 Å². The van der Waals surface area contributed by atoms with Gasteiger partial charge < -0.3 is 9.52 Å². The molecule has 2 unspecified atom stereocenters. The summed E-state index contributed by atoms with van der Waals surface area (Å²) in [5.74, 6) is 0.983. The van der Waals surface area contributed by atoms with Crippen molar-refractivity contribution in [3.63, 3.8) is 0 Å². The van der Waals surface area contributed by atoms with E-state index in [1.807, 2.05) is 24.3 Å². The lowest BCUT2D eigenvalue weighted by atomic mass is 9.85. The molecule has 1 fully saturated rings. The van der Waals surface area contributed by atoms with Gasteiger partial charge in [0.15, 0.2) is 5.82 Å². The second kappa shape index (κ2) is 9.68. The number of anilines is 1. The molecule has 1 aromatic carbocycles. The standard InChI is InChI=1S/C25H27N3O5S/c29-23-18-5-3-1-2-4-6-19(18)33-25(30)21(23)20(15-7-8-15)16-9-11-17(12-10-16)22-24(28-34(31)32)27-14-13-26-22/h9-15,20,29H,1-8H2,(H,27,28)(H,31,32). The smallest absolute Gasteiger partial charge is 0.343 e. The van der Waals surface area contributed by atoms with E-state index in [1.54, 1.807) is 0 Å². The molecule has 2 heterocycles. The van der Waals surface area contributed by atoms with Gasteiger partial charge in [0.25, 0.3) is 11.3 Å². The number of fused-ring (bicyclic) bond motifs is 1. The van der Waals surface area contributed by atoms with Crippen molar-refractivity contribution >= 4 is 17.1 Å². The number of rotatable bonds is 6. The average Bonchev–Trinajstić information content (AvgIpc) is 3.63. The minimum atomic E-state index is -2.27.